The first-order valence-electron chi connectivity index (χ1n) is 6.52. The number of alkyl halides is 1. The monoisotopic (exact) mass is 358 g/mol. The highest BCUT2D eigenvalue weighted by atomic mass is 127. The van der Waals surface area contributed by atoms with Gasteiger partial charge in [-0.3, -0.25) is 0 Å². The molecular formula is C12H27IO2Si. The summed E-state index contributed by atoms with van der Waals surface area (Å²) in [4.78, 5) is 0. The van der Waals surface area contributed by atoms with Crippen molar-refractivity contribution in [3.63, 3.8) is 0 Å². The highest BCUT2D eigenvalue weighted by Gasteiger charge is 2.30. The Morgan fingerprint density at radius 1 is 0.938 bits per heavy atom. The first-order chi connectivity index (χ1) is 7.68. The normalized spacial score (nSPS) is 12.0. The summed E-state index contributed by atoms with van der Waals surface area (Å²) in [6.07, 6.45) is 5.94. The maximum atomic E-state index is 6.03. The molecule has 0 aliphatic heterocycles. The second-order valence-corrected chi connectivity index (χ2v) is 8.75. The number of hydrogen-bond acceptors (Lipinski definition) is 2. The molecular weight excluding hydrogens is 331 g/mol. The topological polar surface area (TPSA) is 18.5 Å². The summed E-state index contributed by atoms with van der Waals surface area (Å²) in [6.45, 7) is 8.39. The average molecular weight is 358 g/mol. The summed E-state index contributed by atoms with van der Waals surface area (Å²) in [5.41, 5.74) is 0. The third-order valence-corrected chi connectivity index (χ3v) is 6.23. The minimum absolute atomic E-state index is 0.882. The molecule has 98 valence electrons. The largest absolute Gasteiger partial charge is 0.394 e. The molecule has 0 atom stereocenters. The summed E-state index contributed by atoms with van der Waals surface area (Å²) >= 11 is 2.43. The van der Waals surface area contributed by atoms with E-state index in [4.69, 9.17) is 8.85 Å². The molecule has 0 amide bonds. The van der Waals surface area contributed by atoms with Gasteiger partial charge in [-0.05, 0) is 36.3 Å². The Hall–Kier alpha value is 0.867. The molecule has 0 radical (unpaired) electrons. The lowest BCUT2D eigenvalue weighted by Crippen LogP contribution is -2.39. The van der Waals surface area contributed by atoms with Crippen molar-refractivity contribution in [1.82, 2.24) is 0 Å². The molecule has 0 aliphatic carbocycles. The van der Waals surface area contributed by atoms with Crippen LogP contribution in [0.3, 0.4) is 0 Å². The van der Waals surface area contributed by atoms with Gasteiger partial charge in [0.25, 0.3) is 0 Å². The van der Waals surface area contributed by atoms with E-state index >= 15 is 0 Å². The van der Waals surface area contributed by atoms with Crippen LogP contribution in [0.1, 0.15) is 46.0 Å². The van der Waals surface area contributed by atoms with E-state index in [1.54, 1.807) is 0 Å². The van der Waals surface area contributed by atoms with Gasteiger partial charge in [0.15, 0.2) is 0 Å². The quantitative estimate of drug-likeness (QED) is 0.234. The SMILES string of the molecule is CCCCO[Si](C)(CCCI)OCCCC. The van der Waals surface area contributed by atoms with Gasteiger partial charge in [-0.25, -0.2) is 0 Å². The van der Waals surface area contributed by atoms with Crippen molar-refractivity contribution in [3.05, 3.63) is 0 Å². The third kappa shape index (κ3) is 8.96. The third-order valence-electron chi connectivity index (χ3n) is 2.58. The Balaban J connectivity index is 3.91. The van der Waals surface area contributed by atoms with Crippen LogP contribution >= 0.6 is 22.6 Å². The molecule has 16 heavy (non-hydrogen) atoms. The number of halogens is 1. The standard InChI is InChI=1S/C12H27IO2Si/c1-4-6-10-14-16(3,12-8-9-13)15-11-7-5-2/h4-12H2,1-3H3. The van der Waals surface area contributed by atoms with Crippen LogP contribution in [-0.2, 0) is 8.85 Å². The smallest absolute Gasteiger partial charge is 0.334 e. The van der Waals surface area contributed by atoms with Crippen molar-refractivity contribution >= 4 is 31.2 Å². The van der Waals surface area contributed by atoms with Gasteiger partial charge in [-0.2, -0.15) is 0 Å². The number of hydrogen-bond donors (Lipinski definition) is 0. The molecule has 0 saturated heterocycles. The lowest BCUT2D eigenvalue weighted by Gasteiger charge is -2.27. The van der Waals surface area contributed by atoms with E-state index in [9.17, 15) is 0 Å². The van der Waals surface area contributed by atoms with E-state index in [0.717, 1.165) is 32.1 Å². The zero-order valence-corrected chi connectivity index (χ0v) is 14.2. The fraction of sp³-hybridized carbons (Fsp3) is 1.00. The molecule has 0 bridgehead atoms. The molecule has 0 aromatic heterocycles. The Morgan fingerprint density at radius 2 is 1.44 bits per heavy atom. The van der Waals surface area contributed by atoms with Crippen molar-refractivity contribution < 1.29 is 8.85 Å². The Labute approximate surface area is 116 Å². The van der Waals surface area contributed by atoms with E-state index in [1.807, 2.05) is 0 Å². The first-order valence-corrected chi connectivity index (χ1v) is 10.6. The van der Waals surface area contributed by atoms with Crippen LogP contribution in [0.15, 0.2) is 0 Å². The van der Waals surface area contributed by atoms with Crippen LogP contribution in [0, 0.1) is 0 Å². The second kappa shape index (κ2) is 11.0. The molecule has 0 N–H and O–H groups in total. The average Bonchev–Trinajstić information content (AvgIpc) is 2.27. The van der Waals surface area contributed by atoms with Crippen molar-refractivity contribution in [2.45, 2.75) is 58.5 Å². The fourth-order valence-corrected chi connectivity index (χ4v) is 4.88. The first kappa shape index (κ1) is 16.9. The highest BCUT2D eigenvalue weighted by Crippen LogP contribution is 2.18. The molecule has 0 unspecified atom stereocenters. The van der Waals surface area contributed by atoms with Crippen molar-refractivity contribution in [3.8, 4) is 0 Å². The zero-order valence-electron chi connectivity index (χ0n) is 11.1. The van der Waals surface area contributed by atoms with E-state index in [2.05, 4.69) is 43.0 Å². The Bertz CT molecular complexity index is 146. The van der Waals surface area contributed by atoms with Crippen LogP contribution in [0.25, 0.3) is 0 Å². The van der Waals surface area contributed by atoms with Gasteiger partial charge in [0.05, 0.1) is 0 Å². The van der Waals surface area contributed by atoms with Gasteiger partial charge >= 0.3 is 8.56 Å². The molecule has 0 saturated carbocycles. The molecule has 2 nitrogen and oxygen atoms in total. The van der Waals surface area contributed by atoms with Gasteiger partial charge in [-0.15, -0.1) is 0 Å². The summed E-state index contributed by atoms with van der Waals surface area (Å²) < 4.78 is 13.3. The van der Waals surface area contributed by atoms with Crippen LogP contribution in [-0.4, -0.2) is 26.2 Å². The molecule has 4 heteroatoms. The van der Waals surface area contributed by atoms with E-state index in [1.165, 1.54) is 23.7 Å². The molecule has 0 spiro atoms. The summed E-state index contributed by atoms with van der Waals surface area (Å²) in [6, 6.07) is 1.14. The van der Waals surface area contributed by atoms with E-state index in [-0.39, 0.29) is 0 Å². The molecule has 0 heterocycles. The molecule has 0 aromatic carbocycles. The van der Waals surface area contributed by atoms with Gasteiger partial charge < -0.3 is 8.85 Å². The van der Waals surface area contributed by atoms with Crippen molar-refractivity contribution in [1.29, 1.82) is 0 Å². The lowest BCUT2D eigenvalue weighted by molar-refractivity contribution is 0.168. The predicted octanol–water partition coefficient (Wildman–Crippen LogP) is 4.52. The Morgan fingerprint density at radius 3 is 1.81 bits per heavy atom. The fourth-order valence-electron chi connectivity index (χ4n) is 1.44. The van der Waals surface area contributed by atoms with Crippen LogP contribution in [0.5, 0.6) is 0 Å². The van der Waals surface area contributed by atoms with Crippen molar-refractivity contribution in [2.75, 3.05) is 17.6 Å². The number of unbranched alkanes of at least 4 members (excludes halogenated alkanes) is 2. The maximum Gasteiger partial charge on any atom is 0.334 e. The summed E-state index contributed by atoms with van der Waals surface area (Å²) in [5.74, 6) is 0. The number of rotatable bonds is 11. The molecule has 0 aliphatic rings. The van der Waals surface area contributed by atoms with Gasteiger partial charge in [0, 0.05) is 13.2 Å². The zero-order chi connectivity index (χ0) is 12.3. The van der Waals surface area contributed by atoms with Crippen LogP contribution in [0.4, 0.5) is 0 Å². The molecule has 0 rings (SSSR count). The van der Waals surface area contributed by atoms with Gasteiger partial charge in [-0.1, -0.05) is 49.3 Å². The Kier molecular flexibility index (Phi) is 11.6. The molecule has 0 fully saturated rings. The summed E-state index contributed by atoms with van der Waals surface area (Å²) in [5, 5.41) is 0. The minimum atomic E-state index is -1.85. The highest BCUT2D eigenvalue weighted by molar-refractivity contribution is 14.1. The van der Waals surface area contributed by atoms with Crippen molar-refractivity contribution in [2.24, 2.45) is 0 Å². The molecule has 0 aromatic rings. The maximum absolute atomic E-state index is 6.03. The second-order valence-electron chi connectivity index (χ2n) is 4.33. The van der Waals surface area contributed by atoms with Crippen LogP contribution < -0.4 is 0 Å². The van der Waals surface area contributed by atoms with E-state index < -0.39 is 8.56 Å². The van der Waals surface area contributed by atoms with Crippen LogP contribution in [0.2, 0.25) is 12.6 Å². The van der Waals surface area contributed by atoms with E-state index in [0.29, 0.717) is 0 Å². The van der Waals surface area contributed by atoms with Gasteiger partial charge in [0.1, 0.15) is 0 Å². The van der Waals surface area contributed by atoms with Gasteiger partial charge in [0.2, 0.25) is 0 Å². The predicted molar refractivity (Wildman–Crippen MR) is 81.6 cm³/mol. The summed E-state index contributed by atoms with van der Waals surface area (Å²) in [7, 11) is -1.85. The minimum Gasteiger partial charge on any atom is -0.394 e. The lowest BCUT2D eigenvalue weighted by atomic mass is 10.4.